The summed E-state index contributed by atoms with van der Waals surface area (Å²) in [6.07, 6.45) is -0.608. The van der Waals surface area contributed by atoms with Gasteiger partial charge in [0.2, 0.25) is 0 Å². The fraction of sp³-hybridized carbons (Fsp3) is 0.400. The van der Waals surface area contributed by atoms with Crippen molar-refractivity contribution < 1.29 is 9.84 Å². The zero-order valence-corrected chi connectivity index (χ0v) is 9.41. The molecule has 1 heterocycles. The summed E-state index contributed by atoms with van der Waals surface area (Å²) in [5.74, 6) is 0.764. The van der Waals surface area contributed by atoms with Crippen LogP contribution in [-0.4, -0.2) is 17.8 Å². The van der Waals surface area contributed by atoms with Gasteiger partial charge in [0.05, 0.1) is 6.04 Å². The van der Waals surface area contributed by atoms with Crippen LogP contribution in [-0.2, 0) is 0 Å². The number of aliphatic hydroxyl groups excluding tert-OH is 1. The Labute approximate surface area is 91.0 Å². The molecule has 0 amide bonds. The number of hydrogen-bond donors (Lipinski definition) is 2. The van der Waals surface area contributed by atoms with E-state index in [4.69, 9.17) is 10.5 Å². The lowest BCUT2D eigenvalue weighted by Crippen LogP contribution is -2.35. The molecule has 0 radical (unpaired) electrons. The van der Waals surface area contributed by atoms with Crippen LogP contribution in [0.5, 0.6) is 5.75 Å². The highest BCUT2D eigenvalue weighted by atomic mass is 79.9. The highest BCUT2D eigenvalue weighted by molar-refractivity contribution is 9.10. The summed E-state index contributed by atoms with van der Waals surface area (Å²) in [6.45, 7) is 2.25. The number of nitrogens with two attached hydrogens (primary N) is 1. The highest BCUT2D eigenvalue weighted by Gasteiger charge is 2.26. The Bertz CT molecular complexity index is 367. The first-order valence-corrected chi connectivity index (χ1v) is 5.25. The minimum absolute atomic E-state index is 0.268. The van der Waals surface area contributed by atoms with E-state index in [1.54, 1.807) is 0 Å². The van der Waals surface area contributed by atoms with Crippen LogP contribution in [0.1, 0.15) is 17.2 Å². The molecule has 0 aliphatic carbocycles. The lowest BCUT2D eigenvalue weighted by molar-refractivity contribution is 0.0678. The largest absolute Gasteiger partial charge is 0.490 e. The number of hydrogen-bond acceptors (Lipinski definition) is 3. The molecule has 0 saturated carbocycles. The van der Waals surface area contributed by atoms with Crippen molar-refractivity contribution in [2.75, 3.05) is 6.61 Å². The van der Waals surface area contributed by atoms with Crippen molar-refractivity contribution in [2.45, 2.75) is 19.1 Å². The van der Waals surface area contributed by atoms with E-state index in [0.717, 1.165) is 21.3 Å². The van der Waals surface area contributed by atoms with Gasteiger partial charge >= 0.3 is 0 Å². The van der Waals surface area contributed by atoms with Gasteiger partial charge in [0.15, 0.2) is 0 Å². The van der Waals surface area contributed by atoms with Crippen molar-refractivity contribution in [1.29, 1.82) is 0 Å². The van der Waals surface area contributed by atoms with Crippen LogP contribution in [0.15, 0.2) is 16.6 Å². The molecule has 76 valence electrons. The third-order valence-corrected chi connectivity index (χ3v) is 3.33. The van der Waals surface area contributed by atoms with E-state index in [1.165, 1.54) is 0 Å². The van der Waals surface area contributed by atoms with Crippen LogP contribution in [0.4, 0.5) is 0 Å². The van der Waals surface area contributed by atoms with Gasteiger partial charge in [0, 0.05) is 10.0 Å². The van der Waals surface area contributed by atoms with Gasteiger partial charge in [-0.05, 0) is 24.6 Å². The Morgan fingerprint density at radius 2 is 2.29 bits per heavy atom. The molecule has 4 heteroatoms. The van der Waals surface area contributed by atoms with Crippen molar-refractivity contribution in [3.05, 3.63) is 27.7 Å². The van der Waals surface area contributed by atoms with Crippen molar-refractivity contribution in [1.82, 2.24) is 0 Å². The van der Waals surface area contributed by atoms with Crippen LogP contribution in [0.25, 0.3) is 0 Å². The zero-order chi connectivity index (χ0) is 10.3. The Kier molecular flexibility index (Phi) is 2.51. The van der Waals surface area contributed by atoms with E-state index in [-0.39, 0.29) is 12.6 Å². The van der Waals surface area contributed by atoms with Gasteiger partial charge in [0.1, 0.15) is 18.5 Å². The first kappa shape index (κ1) is 9.96. The molecular weight excluding hydrogens is 246 g/mol. The van der Waals surface area contributed by atoms with Crippen LogP contribution in [0.3, 0.4) is 0 Å². The number of fused-ring (bicyclic) bond motifs is 1. The summed E-state index contributed by atoms with van der Waals surface area (Å²) in [6, 6.07) is 3.51. The minimum Gasteiger partial charge on any atom is -0.490 e. The molecular formula is C10H12BrNO2. The number of halogens is 1. The molecule has 1 aliphatic heterocycles. The fourth-order valence-electron chi connectivity index (χ4n) is 1.56. The van der Waals surface area contributed by atoms with Gasteiger partial charge in [-0.2, -0.15) is 0 Å². The van der Waals surface area contributed by atoms with Crippen LogP contribution >= 0.6 is 15.9 Å². The van der Waals surface area contributed by atoms with Gasteiger partial charge in [0.25, 0.3) is 0 Å². The molecule has 3 N–H and O–H groups in total. The molecule has 1 aromatic rings. The second kappa shape index (κ2) is 3.53. The summed E-state index contributed by atoms with van der Waals surface area (Å²) >= 11 is 3.43. The van der Waals surface area contributed by atoms with Gasteiger partial charge < -0.3 is 15.6 Å². The summed E-state index contributed by atoms with van der Waals surface area (Å²) in [7, 11) is 0. The fourth-order valence-corrected chi connectivity index (χ4v) is 1.88. The van der Waals surface area contributed by atoms with Gasteiger partial charge in [-0.1, -0.05) is 15.9 Å². The summed E-state index contributed by atoms with van der Waals surface area (Å²) in [5.41, 5.74) is 7.84. The van der Waals surface area contributed by atoms with Crippen molar-refractivity contribution in [3.8, 4) is 5.75 Å². The quantitative estimate of drug-likeness (QED) is 0.741. The summed E-state index contributed by atoms with van der Waals surface area (Å²) < 4.78 is 6.38. The first-order valence-electron chi connectivity index (χ1n) is 4.46. The van der Waals surface area contributed by atoms with E-state index in [9.17, 15) is 5.11 Å². The van der Waals surface area contributed by atoms with Gasteiger partial charge in [-0.25, -0.2) is 0 Å². The second-order valence-corrected chi connectivity index (χ2v) is 4.40. The number of aliphatic hydroxyl groups is 1. The van der Waals surface area contributed by atoms with Crippen molar-refractivity contribution in [2.24, 2.45) is 5.73 Å². The third kappa shape index (κ3) is 1.54. The molecule has 0 fully saturated rings. The molecule has 1 aliphatic rings. The number of ether oxygens (including phenoxy) is 1. The first-order chi connectivity index (χ1) is 6.59. The zero-order valence-electron chi connectivity index (χ0n) is 7.83. The van der Waals surface area contributed by atoms with Crippen LogP contribution < -0.4 is 10.5 Å². The molecule has 2 atom stereocenters. The number of benzene rings is 1. The Hall–Kier alpha value is -0.580. The predicted octanol–water partition coefficient (Wildman–Crippen LogP) is 1.51. The lowest BCUT2D eigenvalue weighted by Gasteiger charge is -2.28. The topological polar surface area (TPSA) is 55.5 Å². The lowest BCUT2D eigenvalue weighted by atomic mass is 9.97. The summed E-state index contributed by atoms with van der Waals surface area (Å²) in [4.78, 5) is 0. The van der Waals surface area contributed by atoms with Gasteiger partial charge in [-0.3, -0.25) is 0 Å². The van der Waals surface area contributed by atoms with E-state index >= 15 is 0 Å². The molecule has 3 nitrogen and oxygen atoms in total. The van der Waals surface area contributed by atoms with Crippen molar-refractivity contribution in [3.63, 3.8) is 0 Å². The average Bonchev–Trinajstić information content (AvgIpc) is 2.15. The normalized spacial score (nSPS) is 25.4. The van der Waals surface area contributed by atoms with E-state index in [0.29, 0.717) is 0 Å². The Balaban J connectivity index is 2.50. The standard InChI is InChI=1S/C10H12BrNO2/c1-5-2-6-9(3-7(5)11)14-4-8(13)10(6)12/h2-3,8,10,13H,4,12H2,1H3/t8-,10+/m1/s1. The maximum atomic E-state index is 9.52. The maximum Gasteiger partial charge on any atom is 0.125 e. The smallest absolute Gasteiger partial charge is 0.125 e. The average molecular weight is 258 g/mol. The molecule has 0 unspecified atom stereocenters. The Morgan fingerprint density at radius 3 is 3.00 bits per heavy atom. The van der Waals surface area contributed by atoms with Crippen LogP contribution in [0, 0.1) is 6.92 Å². The highest BCUT2D eigenvalue weighted by Crippen LogP contribution is 2.34. The van der Waals surface area contributed by atoms with Crippen LogP contribution in [0.2, 0.25) is 0 Å². The SMILES string of the molecule is Cc1cc2c(cc1Br)OC[C@@H](O)[C@H]2N. The molecule has 0 spiro atoms. The monoisotopic (exact) mass is 257 g/mol. The molecule has 14 heavy (non-hydrogen) atoms. The number of aryl methyl sites for hydroxylation is 1. The van der Waals surface area contributed by atoms with Gasteiger partial charge in [-0.15, -0.1) is 0 Å². The summed E-state index contributed by atoms with van der Waals surface area (Å²) in [5, 5.41) is 9.52. The molecule has 2 rings (SSSR count). The van der Waals surface area contributed by atoms with E-state index < -0.39 is 6.10 Å². The predicted molar refractivity (Wildman–Crippen MR) is 57.3 cm³/mol. The van der Waals surface area contributed by atoms with Crippen molar-refractivity contribution >= 4 is 15.9 Å². The minimum atomic E-state index is -0.608. The maximum absolute atomic E-state index is 9.52. The molecule has 0 aromatic heterocycles. The molecule has 0 bridgehead atoms. The van der Waals surface area contributed by atoms with E-state index in [1.807, 2.05) is 19.1 Å². The number of rotatable bonds is 0. The van der Waals surface area contributed by atoms with E-state index in [2.05, 4.69) is 15.9 Å². The Morgan fingerprint density at radius 1 is 1.57 bits per heavy atom. The third-order valence-electron chi connectivity index (χ3n) is 2.47. The second-order valence-electron chi connectivity index (χ2n) is 3.54. The molecule has 1 aromatic carbocycles. The molecule has 0 saturated heterocycles.